The summed E-state index contributed by atoms with van der Waals surface area (Å²) in [5.74, 6) is 1.66. The van der Waals surface area contributed by atoms with E-state index in [4.69, 9.17) is 23.2 Å². The molecule has 10 rings (SSSR count). The van der Waals surface area contributed by atoms with Crippen LogP contribution in [0.15, 0.2) is 120 Å². The van der Waals surface area contributed by atoms with Gasteiger partial charge in [0.25, 0.3) is 0 Å². The van der Waals surface area contributed by atoms with E-state index in [0.717, 1.165) is 30.7 Å². The van der Waals surface area contributed by atoms with Gasteiger partial charge in [0, 0.05) is 49.3 Å². The zero-order valence-corrected chi connectivity index (χ0v) is 59.3. The average molecular weight is 1280 g/mol. The van der Waals surface area contributed by atoms with Crippen molar-refractivity contribution >= 4 is 80.2 Å². The summed E-state index contributed by atoms with van der Waals surface area (Å²) in [7, 11) is -5.84. The van der Waals surface area contributed by atoms with E-state index in [9.17, 15) is 0 Å². The predicted molar refractivity (Wildman–Crippen MR) is 370 cm³/mol. The molecular formula is C72H110Cl2O2Si4Zr. The van der Waals surface area contributed by atoms with Crippen LogP contribution in [0.3, 0.4) is 0 Å². The third-order valence-electron chi connectivity index (χ3n) is 19.4. The Morgan fingerprint density at radius 1 is 0.556 bits per heavy atom. The van der Waals surface area contributed by atoms with Gasteiger partial charge in [-0.2, -0.15) is 0 Å². The molecule has 81 heavy (non-hydrogen) atoms. The molecule has 4 aromatic carbocycles. The second kappa shape index (κ2) is 29.2. The van der Waals surface area contributed by atoms with Crippen LogP contribution in [0.2, 0.25) is 63.5 Å². The molecular weight excluding hydrogens is 1170 g/mol. The summed E-state index contributed by atoms with van der Waals surface area (Å²) in [6.45, 7) is 30.0. The Morgan fingerprint density at radius 3 is 1.60 bits per heavy atom. The number of benzene rings is 4. The van der Waals surface area contributed by atoms with Gasteiger partial charge >= 0.3 is 0 Å². The first-order valence-corrected chi connectivity index (χ1v) is 43.2. The SMILES string of the molecule is C.C.C[SiH](C)CCC1=Cc2ccccc2C1(Cl)[Si](C)(CC(C)(C)C)C1(Cl)C=C(CC2CCCCC2)c2ccccc21.C[SiH](C)CCC1=Cc2ccccc2C1[Si](C)(CC(C)(C)C)C1C=C(CC2CCCCC2)c2ccccc21.O.O.[Zr]. The number of halogens is 2. The van der Waals surface area contributed by atoms with Crippen molar-refractivity contribution in [1.82, 2.24) is 0 Å². The molecule has 0 aromatic heterocycles. The van der Waals surface area contributed by atoms with Gasteiger partial charge in [-0.15, -0.1) is 23.2 Å². The van der Waals surface area contributed by atoms with Gasteiger partial charge in [-0.25, -0.2) is 0 Å². The first-order chi connectivity index (χ1) is 36.0. The van der Waals surface area contributed by atoms with Crippen LogP contribution in [0.25, 0.3) is 23.3 Å². The molecule has 0 aliphatic heterocycles. The summed E-state index contributed by atoms with van der Waals surface area (Å²) >= 11 is 16.6. The quantitative estimate of drug-likeness (QED) is 0.0793. The second-order valence-electron chi connectivity index (χ2n) is 29.0. The van der Waals surface area contributed by atoms with Gasteiger partial charge in [-0.1, -0.05) is 305 Å². The summed E-state index contributed by atoms with van der Waals surface area (Å²) in [4.78, 5) is 0. The largest absolute Gasteiger partial charge is 0.412 e. The fraction of sp³-hybridized carbons (Fsp3) is 0.556. The van der Waals surface area contributed by atoms with Crippen LogP contribution in [0.4, 0.5) is 0 Å². The summed E-state index contributed by atoms with van der Waals surface area (Å²) in [5, 5.41) is 0. The van der Waals surface area contributed by atoms with Gasteiger partial charge < -0.3 is 11.0 Å². The first kappa shape index (κ1) is 71.6. The molecule has 0 radical (unpaired) electrons. The number of rotatable bonds is 16. The number of alkyl halides is 2. The molecule has 2 saturated carbocycles. The third-order valence-corrected chi connectivity index (χ3v) is 37.1. The maximum Gasteiger partial charge on any atom is 0.120 e. The van der Waals surface area contributed by atoms with Gasteiger partial charge in [0.1, 0.15) is 8.07 Å². The average Bonchev–Trinajstić information content (AvgIpc) is 4.12. The minimum atomic E-state index is -2.61. The molecule has 4 N–H and O–H groups in total. The van der Waals surface area contributed by atoms with E-state index in [0.29, 0.717) is 16.5 Å². The molecule has 0 saturated heterocycles. The summed E-state index contributed by atoms with van der Waals surface area (Å²) in [6, 6.07) is 42.1. The van der Waals surface area contributed by atoms with Crippen molar-refractivity contribution in [2.24, 2.45) is 22.7 Å². The van der Waals surface area contributed by atoms with Crippen LogP contribution in [0, 0.1) is 22.7 Å². The molecule has 2 nitrogen and oxygen atoms in total. The molecule has 6 atom stereocenters. The zero-order chi connectivity index (χ0) is 54.3. The van der Waals surface area contributed by atoms with Gasteiger partial charge in [-0.05, 0) is 121 Å². The Morgan fingerprint density at radius 2 is 1.04 bits per heavy atom. The fourth-order valence-electron chi connectivity index (χ4n) is 16.3. The van der Waals surface area contributed by atoms with E-state index in [1.807, 2.05) is 0 Å². The standard InChI is InChI=1S/C35H48Cl2Si2.C35H50Si2.2CH4.2H2O.Zr/c1-33(2,3)25-39(6,35(37)29(20-21-38(4)5)23-27-16-10-12-18-31(27)35)34(36)24-28(22-26-14-8-7-9-15-26)30-17-11-13-19-32(30)34;1-35(2,3)25-37(6,34-28(20-21-36(4)5)23-27-16-10-11-18-31(27)34)33-24-29(22-26-14-8-7-9-15-26)30-17-12-13-19-32(30)33;;;;;/h10-13,16-19,23-24,26,38H,7-9,14-15,20-22,25H2,1-6H3;10-13,16-19,23-24,26,33-34,36H,7-9,14-15,20-22,25H2,1-6H3;2*1H4;2*1H2;. The summed E-state index contributed by atoms with van der Waals surface area (Å²) < 4.78 is -1.10. The van der Waals surface area contributed by atoms with E-state index in [1.54, 1.807) is 27.8 Å². The van der Waals surface area contributed by atoms with Crippen molar-refractivity contribution < 1.29 is 37.2 Å². The molecule has 0 spiro atoms. The third kappa shape index (κ3) is 15.1. The van der Waals surface area contributed by atoms with Gasteiger partial charge in [0.15, 0.2) is 0 Å². The van der Waals surface area contributed by atoms with Crippen LogP contribution in [-0.4, -0.2) is 44.7 Å². The van der Waals surface area contributed by atoms with Crippen LogP contribution >= 0.6 is 23.2 Å². The normalized spacial score (nSPS) is 23.6. The van der Waals surface area contributed by atoms with E-state index >= 15 is 0 Å². The predicted octanol–water partition coefficient (Wildman–Crippen LogP) is 21.1. The van der Waals surface area contributed by atoms with Crippen LogP contribution in [0.1, 0.15) is 202 Å². The molecule has 0 bridgehead atoms. The Balaban J connectivity index is 0.000000329. The van der Waals surface area contributed by atoms with Crippen LogP contribution in [0.5, 0.6) is 0 Å². The number of fused-ring (bicyclic) bond motifs is 4. The van der Waals surface area contributed by atoms with Crippen molar-refractivity contribution in [3.63, 3.8) is 0 Å². The Labute approximate surface area is 530 Å². The Hall–Kier alpha value is -1.91. The van der Waals surface area contributed by atoms with Crippen LogP contribution in [-0.2, 0) is 35.2 Å². The van der Waals surface area contributed by atoms with Crippen molar-refractivity contribution in [2.45, 2.75) is 230 Å². The number of hydrogen-bond acceptors (Lipinski definition) is 0. The maximum atomic E-state index is 8.33. The molecule has 4 aromatic rings. The van der Waals surface area contributed by atoms with E-state index < -0.39 is 42.7 Å². The molecule has 9 heteroatoms. The number of hydrogen-bond donors (Lipinski definition) is 0. The first-order valence-electron chi connectivity index (χ1n) is 30.6. The molecule has 2 fully saturated rings. The molecule has 6 aliphatic rings. The minimum Gasteiger partial charge on any atom is -0.412 e. The van der Waals surface area contributed by atoms with Gasteiger partial charge in [0.05, 0.1) is 17.1 Å². The summed E-state index contributed by atoms with van der Waals surface area (Å²) in [5.41, 5.74) is 19.8. The van der Waals surface area contributed by atoms with Crippen molar-refractivity contribution in [3.8, 4) is 0 Å². The van der Waals surface area contributed by atoms with E-state index in [2.05, 4.69) is 202 Å². The minimum absolute atomic E-state index is 0. The number of allylic oxidation sites excluding steroid dienone is 6. The topological polar surface area (TPSA) is 63.0 Å². The van der Waals surface area contributed by atoms with E-state index in [-0.39, 0.29) is 57.4 Å². The molecule has 0 heterocycles. The van der Waals surface area contributed by atoms with Crippen molar-refractivity contribution in [2.75, 3.05) is 0 Å². The smallest absolute Gasteiger partial charge is 0.120 e. The Kier molecular flexibility index (Phi) is 25.8. The van der Waals surface area contributed by atoms with Crippen molar-refractivity contribution in [3.05, 3.63) is 165 Å². The van der Waals surface area contributed by atoms with Crippen molar-refractivity contribution in [1.29, 1.82) is 0 Å². The second-order valence-corrected chi connectivity index (χ2v) is 46.6. The summed E-state index contributed by atoms with van der Waals surface area (Å²) in [6.07, 6.45) is 29.3. The molecule has 6 unspecified atom stereocenters. The molecule has 0 amide bonds. The Bertz CT molecular complexity index is 2830. The zero-order valence-electron chi connectivity index (χ0n) is 51.0. The van der Waals surface area contributed by atoms with Crippen LogP contribution < -0.4 is 0 Å². The van der Waals surface area contributed by atoms with Gasteiger partial charge in [-0.3, -0.25) is 0 Å². The maximum absolute atomic E-state index is 8.33. The fourth-order valence-corrected chi connectivity index (χ4v) is 33.0. The molecule has 6 aliphatic carbocycles. The van der Waals surface area contributed by atoms with Gasteiger partial charge in [0.2, 0.25) is 0 Å². The monoisotopic (exact) mass is 1280 g/mol. The van der Waals surface area contributed by atoms with E-state index in [1.165, 1.54) is 134 Å². The molecule has 444 valence electrons.